The van der Waals surface area contributed by atoms with E-state index in [1.807, 2.05) is 44.2 Å². The molecule has 0 bridgehead atoms. The highest BCUT2D eigenvalue weighted by atomic mass is 16.6. The van der Waals surface area contributed by atoms with Crippen LogP contribution >= 0.6 is 0 Å². The number of carbonyl (C=O) groups is 2. The summed E-state index contributed by atoms with van der Waals surface area (Å²) in [5, 5.41) is 3.30. The van der Waals surface area contributed by atoms with Gasteiger partial charge in [0.05, 0.1) is 5.39 Å². The van der Waals surface area contributed by atoms with E-state index >= 15 is 0 Å². The third kappa shape index (κ3) is 5.30. The fourth-order valence-electron chi connectivity index (χ4n) is 4.37. The van der Waals surface area contributed by atoms with Crippen molar-refractivity contribution in [1.82, 2.24) is 5.32 Å². The van der Waals surface area contributed by atoms with Crippen LogP contribution in [0.15, 0.2) is 51.7 Å². The van der Waals surface area contributed by atoms with Gasteiger partial charge in [-0.1, -0.05) is 43.7 Å². The van der Waals surface area contributed by atoms with E-state index in [4.69, 9.17) is 13.9 Å². The monoisotopic (exact) mass is 463 g/mol. The van der Waals surface area contributed by atoms with Crippen molar-refractivity contribution in [3.8, 4) is 5.75 Å². The van der Waals surface area contributed by atoms with Crippen molar-refractivity contribution in [3.05, 3.63) is 75.1 Å². The van der Waals surface area contributed by atoms with Gasteiger partial charge in [0.1, 0.15) is 24.0 Å². The molecule has 0 spiro atoms. The molecule has 1 amide bonds. The molecular formula is C27H29NO6. The van der Waals surface area contributed by atoms with E-state index < -0.39 is 18.1 Å². The number of esters is 1. The molecule has 0 radical (unpaired) electrons. The molecule has 4 rings (SSSR count). The second-order valence-corrected chi connectivity index (χ2v) is 8.66. The zero-order valence-electron chi connectivity index (χ0n) is 19.5. The molecule has 0 saturated heterocycles. The van der Waals surface area contributed by atoms with Crippen molar-refractivity contribution in [2.24, 2.45) is 0 Å². The largest absolute Gasteiger partial charge is 0.445 e. The molecule has 0 saturated carbocycles. The zero-order chi connectivity index (χ0) is 24.1. The van der Waals surface area contributed by atoms with Crippen LogP contribution < -0.4 is 15.7 Å². The van der Waals surface area contributed by atoms with Crippen LogP contribution in [0, 0.1) is 6.92 Å². The van der Waals surface area contributed by atoms with Crippen molar-refractivity contribution in [3.63, 3.8) is 0 Å². The lowest BCUT2D eigenvalue weighted by Gasteiger charge is -2.20. The number of hydrogen-bond donors (Lipinski definition) is 1. The first-order chi connectivity index (χ1) is 16.5. The van der Waals surface area contributed by atoms with Gasteiger partial charge in [-0.3, -0.25) is 0 Å². The Morgan fingerprint density at radius 2 is 1.82 bits per heavy atom. The highest BCUT2D eigenvalue weighted by molar-refractivity contribution is 5.92. The summed E-state index contributed by atoms with van der Waals surface area (Å²) in [5.41, 5.74) is 3.30. The first kappa shape index (κ1) is 23.5. The number of benzene rings is 2. The van der Waals surface area contributed by atoms with Gasteiger partial charge in [-0.15, -0.1) is 0 Å². The topological polar surface area (TPSA) is 94.8 Å². The molecule has 1 heterocycles. The lowest BCUT2D eigenvalue weighted by atomic mass is 9.90. The van der Waals surface area contributed by atoms with Crippen LogP contribution in [0.3, 0.4) is 0 Å². The minimum Gasteiger partial charge on any atom is -0.445 e. The van der Waals surface area contributed by atoms with E-state index in [-0.39, 0.29) is 12.2 Å². The lowest BCUT2D eigenvalue weighted by Crippen LogP contribution is -2.43. The average Bonchev–Trinajstić information content (AvgIpc) is 2.83. The highest BCUT2D eigenvalue weighted by Gasteiger charge is 2.26. The quantitative estimate of drug-likeness (QED) is 0.302. The van der Waals surface area contributed by atoms with Crippen LogP contribution in [0.2, 0.25) is 0 Å². The predicted molar refractivity (Wildman–Crippen MR) is 128 cm³/mol. The molecule has 7 nitrogen and oxygen atoms in total. The molecule has 0 fully saturated rings. The normalized spacial score (nSPS) is 13.7. The maximum Gasteiger partial charge on any atom is 0.408 e. The number of alkyl carbamates (subject to hydrolysis) is 1. The molecule has 1 aromatic heterocycles. The molecule has 3 aromatic rings. The van der Waals surface area contributed by atoms with Crippen molar-refractivity contribution in [1.29, 1.82) is 0 Å². The highest BCUT2D eigenvalue weighted by Crippen LogP contribution is 2.34. The molecule has 34 heavy (non-hydrogen) atoms. The Morgan fingerprint density at radius 3 is 2.56 bits per heavy atom. The van der Waals surface area contributed by atoms with Crippen molar-refractivity contribution < 1.29 is 23.5 Å². The van der Waals surface area contributed by atoms with Gasteiger partial charge in [-0.2, -0.15) is 0 Å². The standard InChI is InChI=1S/C27H29NO6/c1-3-9-21(28-27(31)32-16-18-10-5-4-6-11-18)26(30)34-23-15-17(2)14-22-24(23)19-12-7-8-13-20(19)25(29)33-22/h4-6,10-11,14-15,21H,3,7-9,12-13,16H2,1-2H3,(H,28,31)/t21-/m0/s1. The summed E-state index contributed by atoms with van der Waals surface area (Å²) in [4.78, 5) is 37.9. The minimum absolute atomic E-state index is 0.105. The number of ether oxygens (including phenoxy) is 2. The maximum atomic E-state index is 13.1. The van der Waals surface area contributed by atoms with Gasteiger partial charge < -0.3 is 19.2 Å². The summed E-state index contributed by atoms with van der Waals surface area (Å²) in [6.07, 6.45) is 3.65. The Balaban J connectivity index is 1.55. The first-order valence-corrected chi connectivity index (χ1v) is 11.7. The average molecular weight is 464 g/mol. The Hall–Kier alpha value is -3.61. The third-order valence-corrected chi connectivity index (χ3v) is 6.01. The predicted octanol–water partition coefficient (Wildman–Crippen LogP) is 4.98. The third-order valence-electron chi connectivity index (χ3n) is 6.01. The molecule has 1 atom stereocenters. The summed E-state index contributed by atoms with van der Waals surface area (Å²) in [5.74, 6) is -0.233. The van der Waals surface area contributed by atoms with E-state index in [9.17, 15) is 14.4 Å². The Bertz CT molecular complexity index is 1250. The van der Waals surface area contributed by atoms with Crippen molar-refractivity contribution in [2.45, 2.75) is 65.0 Å². The molecule has 0 unspecified atom stereocenters. The molecule has 2 aromatic carbocycles. The number of amides is 1. The van der Waals surface area contributed by atoms with E-state index in [0.717, 1.165) is 36.0 Å². The number of carbonyl (C=O) groups excluding carboxylic acids is 2. The number of fused-ring (bicyclic) bond motifs is 3. The van der Waals surface area contributed by atoms with Crippen LogP contribution in [0.5, 0.6) is 5.75 Å². The molecular weight excluding hydrogens is 434 g/mol. The smallest absolute Gasteiger partial charge is 0.408 e. The molecule has 7 heteroatoms. The van der Waals surface area contributed by atoms with Gasteiger partial charge in [-0.05, 0) is 67.9 Å². The summed E-state index contributed by atoms with van der Waals surface area (Å²) < 4.78 is 16.7. The summed E-state index contributed by atoms with van der Waals surface area (Å²) in [6, 6.07) is 12.0. The molecule has 178 valence electrons. The number of nitrogens with one attached hydrogen (secondary N) is 1. The van der Waals surface area contributed by atoms with Crippen molar-refractivity contribution in [2.75, 3.05) is 0 Å². The van der Waals surface area contributed by atoms with Crippen LogP contribution in [0.25, 0.3) is 11.0 Å². The summed E-state index contributed by atoms with van der Waals surface area (Å²) in [7, 11) is 0. The summed E-state index contributed by atoms with van der Waals surface area (Å²) >= 11 is 0. The van der Waals surface area contributed by atoms with Gasteiger partial charge in [0, 0.05) is 5.56 Å². The second-order valence-electron chi connectivity index (χ2n) is 8.66. The van der Waals surface area contributed by atoms with E-state index in [2.05, 4.69) is 5.32 Å². The van der Waals surface area contributed by atoms with Gasteiger partial charge in [0.25, 0.3) is 0 Å². The fourth-order valence-corrected chi connectivity index (χ4v) is 4.37. The Morgan fingerprint density at radius 1 is 1.09 bits per heavy atom. The minimum atomic E-state index is -0.865. The van der Waals surface area contributed by atoms with E-state index in [1.165, 1.54) is 0 Å². The summed E-state index contributed by atoms with van der Waals surface area (Å²) in [6.45, 7) is 3.87. The SMILES string of the molecule is CCC[C@H](NC(=O)OCc1ccccc1)C(=O)Oc1cc(C)cc2oc(=O)c3c(c12)CCCC3. The van der Waals surface area contributed by atoms with Gasteiger partial charge in [0.2, 0.25) is 0 Å². The van der Waals surface area contributed by atoms with Crippen LogP contribution in [-0.4, -0.2) is 18.1 Å². The number of rotatable bonds is 7. The Labute approximate surface area is 198 Å². The zero-order valence-corrected chi connectivity index (χ0v) is 19.5. The Kier molecular flexibility index (Phi) is 7.30. The first-order valence-electron chi connectivity index (χ1n) is 11.7. The van der Waals surface area contributed by atoms with Gasteiger partial charge in [0.15, 0.2) is 0 Å². The molecule has 0 aliphatic heterocycles. The fraction of sp³-hybridized carbons (Fsp3) is 0.370. The molecule has 1 N–H and O–H groups in total. The lowest BCUT2D eigenvalue weighted by molar-refractivity contribution is -0.136. The van der Waals surface area contributed by atoms with Crippen LogP contribution in [0.1, 0.15) is 54.9 Å². The van der Waals surface area contributed by atoms with Gasteiger partial charge in [-0.25, -0.2) is 14.4 Å². The number of aryl methyl sites for hydroxylation is 2. The van der Waals surface area contributed by atoms with E-state index in [1.54, 1.807) is 12.1 Å². The van der Waals surface area contributed by atoms with Crippen LogP contribution in [0.4, 0.5) is 4.79 Å². The van der Waals surface area contributed by atoms with Crippen LogP contribution in [-0.2, 0) is 29.0 Å². The second kappa shape index (κ2) is 10.5. The van der Waals surface area contributed by atoms with E-state index in [0.29, 0.717) is 41.5 Å². The molecule has 1 aliphatic carbocycles. The maximum absolute atomic E-state index is 13.1. The number of hydrogen-bond acceptors (Lipinski definition) is 6. The van der Waals surface area contributed by atoms with Gasteiger partial charge >= 0.3 is 17.7 Å². The molecule has 1 aliphatic rings. The van der Waals surface area contributed by atoms with Crippen molar-refractivity contribution >= 4 is 23.0 Å².